The molecule has 1 amide bonds. The summed E-state index contributed by atoms with van der Waals surface area (Å²) in [6.07, 6.45) is 2.42. The Hall–Kier alpha value is -2.73. The molecule has 28 heavy (non-hydrogen) atoms. The van der Waals surface area contributed by atoms with E-state index in [0.717, 1.165) is 22.5 Å². The number of rotatable bonds is 7. The second-order valence-electron chi connectivity index (χ2n) is 7.01. The zero-order chi connectivity index (χ0) is 19.3. The first-order chi connectivity index (χ1) is 13.7. The Morgan fingerprint density at radius 1 is 1.00 bits per heavy atom. The van der Waals surface area contributed by atoms with Crippen LogP contribution in [0.15, 0.2) is 65.8 Å². The molecule has 5 nitrogen and oxygen atoms in total. The van der Waals surface area contributed by atoms with E-state index < -0.39 is 0 Å². The molecule has 1 atom stereocenters. The molecule has 1 aromatic heterocycles. The second-order valence-corrected chi connectivity index (χ2v) is 7.95. The summed E-state index contributed by atoms with van der Waals surface area (Å²) >= 11 is 1.32. The minimum Gasteiger partial charge on any atom is -0.353 e. The Balaban J connectivity index is 1.55. The van der Waals surface area contributed by atoms with E-state index in [1.54, 1.807) is 0 Å². The number of carbonyl (C=O) groups excluding carboxylic acids is 1. The first-order valence-corrected chi connectivity index (χ1v) is 10.5. The molecule has 0 saturated heterocycles. The maximum Gasteiger partial charge on any atom is 0.230 e. The lowest BCUT2D eigenvalue weighted by atomic mass is 10.0. The number of nitrogens with zero attached hydrogens (tertiary/aromatic N) is 3. The SMILES string of the molecule is CC(NC(=O)CSc1nnc(-c2ccccc2)c(-c2ccccc2)n1)C1CC1. The van der Waals surface area contributed by atoms with Crippen LogP contribution >= 0.6 is 11.8 Å². The van der Waals surface area contributed by atoms with Crippen molar-refractivity contribution in [3.63, 3.8) is 0 Å². The Morgan fingerprint density at radius 3 is 2.21 bits per heavy atom. The van der Waals surface area contributed by atoms with Crippen molar-refractivity contribution in [3.05, 3.63) is 60.7 Å². The van der Waals surface area contributed by atoms with E-state index in [-0.39, 0.29) is 17.7 Å². The number of amides is 1. The number of nitrogens with one attached hydrogen (secondary N) is 1. The zero-order valence-corrected chi connectivity index (χ0v) is 16.5. The first kappa shape index (κ1) is 18.6. The Kier molecular flexibility index (Phi) is 5.67. The minimum atomic E-state index is 0.0152. The van der Waals surface area contributed by atoms with Gasteiger partial charge in [-0.15, -0.1) is 10.2 Å². The Labute approximate surface area is 169 Å². The Morgan fingerprint density at radius 2 is 1.61 bits per heavy atom. The number of carbonyl (C=O) groups is 1. The van der Waals surface area contributed by atoms with Crippen LogP contribution in [0.1, 0.15) is 19.8 Å². The lowest BCUT2D eigenvalue weighted by Crippen LogP contribution is -2.35. The van der Waals surface area contributed by atoms with Crippen LogP contribution in [0, 0.1) is 5.92 Å². The molecule has 1 fully saturated rings. The van der Waals surface area contributed by atoms with Crippen LogP contribution in [0.5, 0.6) is 0 Å². The fourth-order valence-electron chi connectivity index (χ4n) is 3.10. The molecule has 1 N–H and O–H groups in total. The van der Waals surface area contributed by atoms with Gasteiger partial charge in [0.15, 0.2) is 0 Å². The summed E-state index contributed by atoms with van der Waals surface area (Å²) in [7, 11) is 0. The highest BCUT2D eigenvalue weighted by Crippen LogP contribution is 2.32. The average Bonchev–Trinajstić information content (AvgIpc) is 3.59. The quantitative estimate of drug-likeness (QED) is 0.612. The highest BCUT2D eigenvalue weighted by atomic mass is 32.2. The summed E-state index contributed by atoms with van der Waals surface area (Å²) < 4.78 is 0. The smallest absolute Gasteiger partial charge is 0.230 e. The first-order valence-electron chi connectivity index (χ1n) is 9.48. The van der Waals surface area contributed by atoms with Gasteiger partial charge in [-0.3, -0.25) is 4.79 Å². The van der Waals surface area contributed by atoms with Gasteiger partial charge in [-0.05, 0) is 25.7 Å². The highest BCUT2D eigenvalue weighted by Gasteiger charge is 2.28. The van der Waals surface area contributed by atoms with Gasteiger partial charge < -0.3 is 5.32 Å². The van der Waals surface area contributed by atoms with Gasteiger partial charge in [0.1, 0.15) is 11.4 Å². The standard InChI is InChI=1S/C22H22N4OS/c1-15(16-12-13-16)23-19(27)14-28-22-24-20(17-8-4-2-5-9-17)21(25-26-22)18-10-6-3-7-11-18/h2-11,15-16H,12-14H2,1H3,(H,23,27). The van der Waals surface area contributed by atoms with Crippen molar-refractivity contribution in [1.82, 2.24) is 20.5 Å². The van der Waals surface area contributed by atoms with E-state index in [4.69, 9.17) is 4.98 Å². The fourth-order valence-corrected chi connectivity index (χ4v) is 3.70. The lowest BCUT2D eigenvalue weighted by molar-refractivity contribution is -0.119. The van der Waals surface area contributed by atoms with E-state index in [1.165, 1.54) is 24.6 Å². The van der Waals surface area contributed by atoms with Gasteiger partial charge in [0.05, 0.1) is 5.75 Å². The third-order valence-electron chi connectivity index (χ3n) is 4.81. The second kappa shape index (κ2) is 8.52. The molecule has 1 saturated carbocycles. The van der Waals surface area contributed by atoms with E-state index in [2.05, 4.69) is 22.4 Å². The van der Waals surface area contributed by atoms with Gasteiger partial charge in [-0.1, -0.05) is 72.4 Å². The van der Waals surface area contributed by atoms with Crippen molar-refractivity contribution in [2.75, 3.05) is 5.75 Å². The van der Waals surface area contributed by atoms with Crippen LogP contribution in [0.3, 0.4) is 0 Å². The van der Waals surface area contributed by atoms with Crippen LogP contribution in [-0.2, 0) is 4.79 Å². The van der Waals surface area contributed by atoms with Crippen LogP contribution in [0.2, 0.25) is 0 Å². The highest BCUT2D eigenvalue weighted by molar-refractivity contribution is 7.99. The van der Waals surface area contributed by atoms with Crippen molar-refractivity contribution >= 4 is 17.7 Å². The third-order valence-corrected chi connectivity index (χ3v) is 5.65. The van der Waals surface area contributed by atoms with E-state index in [0.29, 0.717) is 11.1 Å². The lowest BCUT2D eigenvalue weighted by Gasteiger charge is -2.12. The van der Waals surface area contributed by atoms with E-state index in [9.17, 15) is 4.79 Å². The number of thioether (sulfide) groups is 1. The van der Waals surface area contributed by atoms with Crippen molar-refractivity contribution < 1.29 is 4.79 Å². The van der Waals surface area contributed by atoms with Gasteiger partial charge in [0.2, 0.25) is 11.1 Å². The molecule has 1 heterocycles. The van der Waals surface area contributed by atoms with Crippen molar-refractivity contribution in [2.45, 2.75) is 31.0 Å². The molecule has 0 radical (unpaired) electrons. The largest absolute Gasteiger partial charge is 0.353 e. The Bertz CT molecular complexity index is 945. The maximum atomic E-state index is 12.2. The molecule has 4 rings (SSSR count). The van der Waals surface area contributed by atoms with Gasteiger partial charge in [0.25, 0.3) is 0 Å². The average molecular weight is 391 g/mol. The molecule has 1 unspecified atom stereocenters. The van der Waals surface area contributed by atoms with Crippen molar-refractivity contribution in [3.8, 4) is 22.5 Å². The molecule has 0 bridgehead atoms. The topological polar surface area (TPSA) is 67.8 Å². The molecule has 1 aliphatic rings. The van der Waals surface area contributed by atoms with Crippen molar-refractivity contribution in [2.24, 2.45) is 5.92 Å². The monoisotopic (exact) mass is 390 g/mol. The molecular weight excluding hydrogens is 368 g/mol. The minimum absolute atomic E-state index is 0.0152. The van der Waals surface area contributed by atoms with Gasteiger partial charge >= 0.3 is 0 Å². The molecule has 1 aliphatic carbocycles. The number of aromatic nitrogens is 3. The summed E-state index contributed by atoms with van der Waals surface area (Å²) in [6, 6.07) is 20.1. The number of benzene rings is 2. The summed E-state index contributed by atoms with van der Waals surface area (Å²) in [5, 5.41) is 12.3. The molecule has 2 aromatic carbocycles. The van der Waals surface area contributed by atoms with Crippen LogP contribution < -0.4 is 5.32 Å². The third kappa shape index (κ3) is 4.57. The van der Waals surface area contributed by atoms with Gasteiger partial charge in [-0.25, -0.2) is 4.98 Å². The summed E-state index contributed by atoms with van der Waals surface area (Å²) in [5.41, 5.74) is 3.46. The predicted octanol–water partition coefficient (Wildman–Crippen LogP) is 4.21. The van der Waals surface area contributed by atoms with Crippen LogP contribution in [-0.4, -0.2) is 32.9 Å². The molecule has 6 heteroatoms. The van der Waals surface area contributed by atoms with Crippen molar-refractivity contribution in [1.29, 1.82) is 0 Å². The fraction of sp³-hybridized carbons (Fsp3) is 0.273. The van der Waals surface area contributed by atoms with E-state index >= 15 is 0 Å². The zero-order valence-electron chi connectivity index (χ0n) is 15.7. The predicted molar refractivity (Wildman–Crippen MR) is 112 cm³/mol. The molecule has 0 aliphatic heterocycles. The summed E-state index contributed by atoms with van der Waals surface area (Å²) in [5.74, 6) is 0.945. The summed E-state index contributed by atoms with van der Waals surface area (Å²) in [6.45, 7) is 2.07. The van der Waals surface area contributed by atoms with Gasteiger partial charge in [0, 0.05) is 17.2 Å². The molecule has 3 aromatic rings. The van der Waals surface area contributed by atoms with Gasteiger partial charge in [-0.2, -0.15) is 0 Å². The molecular formula is C22H22N4OS. The molecule has 0 spiro atoms. The van der Waals surface area contributed by atoms with E-state index in [1.807, 2.05) is 60.7 Å². The molecule has 142 valence electrons. The van der Waals surface area contributed by atoms with Crippen LogP contribution in [0.4, 0.5) is 0 Å². The number of hydrogen-bond acceptors (Lipinski definition) is 5. The number of hydrogen-bond donors (Lipinski definition) is 1. The summed E-state index contributed by atoms with van der Waals surface area (Å²) in [4.78, 5) is 16.9. The van der Waals surface area contributed by atoms with Crippen LogP contribution in [0.25, 0.3) is 22.5 Å². The normalized spacial score (nSPS) is 14.5. The maximum absolute atomic E-state index is 12.2.